The zero-order valence-electron chi connectivity index (χ0n) is 8.17. The van der Waals surface area contributed by atoms with E-state index in [1.165, 1.54) is 0 Å². The Balaban J connectivity index is 2.29. The summed E-state index contributed by atoms with van der Waals surface area (Å²) in [4.78, 5) is 0. The molecule has 3 N–H and O–H groups in total. The highest BCUT2D eigenvalue weighted by atomic mass is 16.3. The molecule has 0 saturated heterocycles. The van der Waals surface area contributed by atoms with Gasteiger partial charge in [0.15, 0.2) is 0 Å². The van der Waals surface area contributed by atoms with Gasteiger partial charge in [0.2, 0.25) is 0 Å². The number of phenolic OH excluding ortho intramolecular Hbond substituents is 1. The number of rotatable bonds is 2. The van der Waals surface area contributed by atoms with Gasteiger partial charge < -0.3 is 5.11 Å². The van der Waals surface area contributed by atoms with Crippen LogP contribution in [-0.4, -0.2) is 5.11 Å². The molecule has 3 heteroatoms. The third kappa shape index (κ3) is 2.08. The first kappa shape index (κ1) is 9.55. The minimum atomic E-state index is 0.236. The highest BCUT2D eigenvalue weighted by Gasteiger charge is 2.02. The quantitative estimate of drug-likeness (QED) is 0.578. The van der Waals surface area contributed by atoms with Gasteiger partial charge in [-0.1, -0.05) is 18.2 Å². The number of nitrogens with two attached hydrogens (primary N) is 1. The summed E-state index contributed by atoms with van der Waals surface area (Å²) in [5.74, 6) is 6.15. The first-order valence-electron chi connectivity index (χ1n) is 4.66. The summed E-state index contributed by atoms with van der Waals surface area (Å²) < 4.78 is 0. The van der Waals surface area contributed by atoms with E-state index in [0.717, 1.165) is 11.4 Å². The van der Waals surface area contributed by atoms with Crippen molar-refractivity contribution < 1.29 is 5.11 Å². The Morgan fingerprint density at radius 3 is 1.93 bits per heavy atom. The van der Waals surface area contributed by atoms with Crippen molar-refractivity contribution in [2.45, 2.75) is 0 Å². The number of phenols is 1. The fourth-order valence-corrected chi connectivity index (χ4v) is 1.35. The van der Waals surface area contributed by atoms with E-state index in [1.54, 1.807) is 29.3 Å². The molecule has 15 heavy (non-hydrogen) atoms. The van der Waals surface area contributed by atoms with E-state index >= 15 is 0 Å². The molecule has 0 bridgehead atoms. The molecule has 0 spiro atoms. The molecule has 0 aromatic heterocycles. The van der Waals surface area contributed by atoms with Gasteiger partial charge in [-0.25, -0.2) is 5.84 Å². The molecule has 0 radical (unpaired) electrons. The van der Waals surface area contributed by atoms with Crippen molar-refractivity contribution in [3.8, 4) is 5.75 Å². The molecule has 0 aliphatic heterocycles. The van der Waals surface area contributed by atoms with Crippen molar-refractivity contribution in [1.82, 2.24) is 0 Å². The van der Waals surface area contributed by atoms with E-state index in [9.17, 15) is 0 Å². The van der Waals surface area contributed by atoms with Crippen LogP contribution in [0.3, 0.4) is 0 Å². The fourth-order valence-electron chi connectivity index (χ4n) is 1.35. The summed E-state index contributed by atoms with van der Waals surface area (Å²) >= 11 is 0. The van der Waals surface area contributed by atoms with Gasteiger partial charge >= 0.3 is 0 Å². The number of hydrogen-bond acceptors (Lipinski definition) is 3. The first-order chi connectivity index (χ1) is 7.27. The monoisotopic (exact) mass is 200 g/mol. The number of anilines is 2. The van der Waals surface area contributed by atoms with Gasteiger partial charge in [-0.3, -0.25) is 5.01 Å². The Kier molecular flexibility index (Phi) is 2.56. The summed E-state index contributed by atoms with van der Waals surface area (Å²) in [6.45, 7) is 0. The van der Waals surface area contributed by atoms with Crippen molar-refractivity contribution in [3.63, 3.8) is 0 Å². The molecule has 0 aliphatic carbocycles. The molecule has 76 valence electrons. The lowest BCUT2D eigenvalue weighted by Gasteiger charge is -2.18. The summed E-state index contributed by atoms with van der Waals surface area (Å²) in [5, 5.41) is 10.7. The van der Waals surface area contributed by atoms with Crippen molar-refractivity contribution in [2.24, 2.45) is 5.84 Å². The molecule has 2 aromatic carbocycles. The SMILES string of the molecule is NN(c1ccccc1)c1ccc(O)cc1. The van der Waals surface area contributed by atoms with Crippen LogP contribution in [0.4, 0.5) is 11.4 Å². The zero-order valence-corrected chi connectivity index (χ0v) is 8.17. The Labute approximate surface area is 88.4 Å². The Morgan fingerprint density at radius 1 is 0.800 bits per heavy atom. The van der Waals surface area contributed by atoms with Crippen LogP contribution in [0.25, 0.3) is 0 Å². The van der Waals surface area contributed by atoms with E-state index in [0.29, 0.717) is 0 Å². The lowest BCUT2D eigenvalue weighted by Crippen LogP contribution is -2.24. The molecule has 0 saturated carbocycles. The van der Waals surface area contributed by atoms with Gasteiger partial charge in [0.05, 0.1) is 11.4 Å². The predicted octanol–water partition coefficient (Wildman–Crippen LogP) is 2.40. The Bertz CT molecular complexity index is 425. The third-order valence-electron chi connectivity index (χ3n) is 2.16. The number of nitrogens with zero attached hydrogens (tertiary/aromatic N) is 1. The molecule has 0 unspecified atom stereocenters. The second-order valence-corrected chi connectivity index (χ2v) is 3.22. The average molecular weight is 200 g/mol. The van der Waals surface area contributed by atoms with Crippen LogP contribution in [0.2, 0.25) is 0 Å². The van der Waals surface area contributed by atoms with E-state index in [4.69, 9.17) is 10.9 Å². The number of para-hydroxylation sites is 1. The van der Waals surface area contributed by atoms with E-state index in [2.05, 4.69) is 0 Å². The van der Waals surface area contributed by atoms with Crippen LogP contribution < -0.4 is 10.9 Å². The van der Waals surface area contributed by atoms with Gasteiger partial charge in [0.25, 0.3) is 0 Å². The smallest absolute Gasteiger partial charge is 0.115 e. The van der Waals surface area contributed by atoms with Gasteiger partial charge in [-0.2, -0.15) is 0 Å². The Morgan fingerprint density at radius 2 is 1.33 bits per heavy atom. The number of benzene rings is 2. The minimum Gasteiger partial charge on any atom is -0.508 e. The maximum atomic E-state index is 9.15. The molecule has 2 rings (SSSR count). The van der Waals surface area contributed by atoms with Crippen LogP contribution in [0.15, 0.2) is 54.6 Å². The molecule has 0 heterocycles. The average Bonchev–Trinajstić information content (AvgIpc) is 2.30. The number of hydrogen-bond donors (Lipinski definition) is 2. The van der Waals surface area contributed by atoms with E-state index in [-0.39, 0.29) is 5.75 Å². The molecular formula is C12H12N2O. The minimum absolute atomic E-state index is 0.236. The van der Waals surface area contributed by atoms with Crippen LogP contribution in [0.1, 0.15) is 0 Å². The van der Waals surface area contributed by atoms with Crippen molar-refractivity contribution in [1.29, 1.82) is 0 Å². The fraction of sp³-hybridized carbons (Fsp3) is 0. The molecule has 0 amide bonds. The second-order valence-electron chi connectivity index (χ2n) is 3.22. The van der Waals surface area contributed by atoms with Crippen molar-refractivity contribution in [2.75, 3.05) is 5.01 Å². The zero-order chi connectivity index (χ0) is 10.7. The summed E-state index contributed by atoms with van der Waals surface area (Å²) in [6.07, 6.45) is 0. The van der Waals surface area contributed by atoms with Crippen LogP contribution in [-0.2, 0) is 0 Å². The highest BCUT2D eigenvalue weighted by Crippen LogP contribution is 2.22. The van der Waals surface area contributed by atoms with Crippen LogP contribution >= 0.6 is 0 Å². The normalized spacial score (nSPS) is 9.93. The summed E-state index contributed by atoms with van der Waals surface area (Å²) in [5.41, 5.74) is 1.74. The van der Waals surface area contributed by atoms with E-state index in [1.807, 2.05) is 30.3 Å². The summed E-state index contributed by atoms with van der Waals surface area (Å²) in [6, 6.07) is 16.4. The standard InChI is InChI=1S/C12H12N2O/c13-14(10-4-2-1-3-5-10)11-6-8-12(15)9-7-11/h1-9,15H,13H2. The second kappa shape index (κ2) is 4.02. The highest BCUT2D eigenvalue weighted by molar-refractivity contribution is 5.61. The van der Waals surface area contributed by atoms with Crippen molar-refractivity contribution in [3.05, 3.63) is 54.6 Å². The molecule has 2 aromatic rings. The van der Waals surface area contributed by atoms with Crippen LogP contribution in [0, 0.1) is 0 Å². The maximum Gasteiger partial charge on any atom is 0.115 e. The van der Waals surface area contributed by atoms with E-state index < -0.39 is 0 Å². The largest absolute Gasteiger partial charge is 0.508 e. The van der Waals surface area contributed by atoms with Crippen molar-refractivity contribution >= 4 is 11.4 Å². The topological polar surface area (TPSA) is 49.5 Å². The van der Waals surface area contributed by atoms with Gasteiger partial charge in [-0.15, -0.1) is 0 Å². The number of hydrazine groups is 1. The van der Waals surface area contributed by atoms with Crippen LogP contribution in [0.5, 0.6) is 5.75 Å². The molecule has 3 nitrogen and oxygen atoms in total. The molecule has 0 fully saturated rings. The predicted molar refractivity (Wildman–Crippen MR) is 60.9 cm³/mol. The van der Waals surface area contributed by atoms with Gasteiger partial charge in [0, 0.05) is 0 Å². The lowest BCUT2D eigenvalue weighted by molar-refractivity contribution is 0.475. The molecular weight excluding hydrogens is 188 g/mol. The lowest BCUT2D eigenvalue weighted by atomic mass is 10.2. The summed E-state index contributed by atoms with van der Waals surface area (Å²) in [7, 11) is 0. The first-order valence-corrected chi connectivity index (χ1v) is 4.66. The molecule has 0 atom stereocenters. The van der Waals surface area contributed by atoms with Gasteiger partial charge in [0.1, 0.15) is 5.75 Å². The Hall–Kier alpha value is -2.00. The molecule has 0 aliphatic rings. The maximum absolute atomic E-state index is 9.15. The van der Waals surface area contributed by atoms with Gasteiger partial charge in [-0.05, 0) is 36.4 Å². The third-order valence-corrected chi connectivity index (χ3v) is 2.16. The number of aromatic hydroxyl groups is 1.